The van der Waals surface area contributed by atoms with E-state index in [0.29, 0.717) is 5.56 Å². The molecule has 2 aromatic rings. The van der Waals surface area contributed by atoms with E-state index in [9.17, 15) is 13.9 Å². The summed E-state index contributed by atoms with van der Waals surface area (Å²) in [5, 5.41) is 9.32. The first-order valence-electron chi connectivity index (χ1n) is 6.02. The molecule has 106 valence electrons. The fourth-order valence-electron chi connectivity index (χ4n) is 1.76. The van der Waals surface area contributed by atoms with Gasteiger partial charge in [0.1, 0.15) is 24.0 Å². The fraction of sp³-hybridized carbons (Fsp3) is 0.200. The number of benzene rings is 2. The van der Waals surface area contributed by atoms with E-state index in [1.54, 1.807) is 12.1 Å². The first kappa shape index (κ1) is 14.8. The molecule has 20 heavy (non-hydrogen) atoms. The predicted octanol–water partition coefficient (Wildman–Crippen LogP) is 4.25. The van der Waals surface area contributed by atoms with Crippen LogP contribution in [-0.4, -0.2) is 5.11 Å². The van der Waals surface area contributed by atoms with E-state index in [-0.39, 0.29) is 22.9 Å². The van der Waals surface area contributed by atoms with Gasteiger partial charge in [0.15, 0.2) is 0 Å². The summed E-state index contributed by atoms with van der Waals surface area (Å²) >= 11 is 5.80. The fourth-order valence-corrected chi connectivity index (χ4v) is 1.94. The monoisotopic (exact) mass is 298 g/mol. The Morgan fingerprint density at radius 2 is 1.95 bits per heavy atom. The van der Waals surface area contributed by atoms with Crippen LogP contribution in [0.4, 0.5) is 8.78 Å². The van der Waals surface area contributed by atoms with Gasteiger partial charge in [-0.3, -0.25) is 0 Å². The molecule has 5 heteroatoms. The third-order valence-corrected chi connectivity index (χ3v) is 3.27. The molecule has 0 spiro atoms. The summed E-state index contributed by atoms with van der Waals surface area (Å²) in [5.41, 5.74) is 0.674. The van der Waals surface area contributed by atoms with Gasteiger partial charge >= 0.3 is 0 Å². The van der Waals surface area contributed by atoms with Crippen molar-refractivity contribution in [2.75, 3.05) is 0 Å². The van der Waals surface area contributed by atoms with Crippen LogP contribution in [0.25, 0.3) is 0 Å². The Bertz CT molecular complexity index is 615. The number of aliphatic hydroxyl groups excluding tert-OH is 1. The van der Waals surface area contributed by atoms with Crippen molar-refractivity contribution in [1.82, 2.24) is 0 Å². The second-order valence-electron chi connectivity index (χ2n) is 4.36. The van der Waals surface area contributed by atoms with Crippen LogP contribution in [0, 0.1) is 11.6 Å². The molecule has 0 saturated heterocycles. The zero-order valence-electron chi connectivity index (χ0n) is 10.7. The van der Waals surface area contributed by atoms with E-state index >= 15 is 0 Å². The van der Waals surface area contributed by atoms with Gasteiger partial charge in [0.25, 0.3) is 0 Å². The molecule has 0 aliphatic rings. The van der Waals surface area contributed by atoms with Crippen LogP contribution in [0.5, 0.6) is 5.75 Å². The molecule has 0 unspecified atom stereocenters. The second kappa shape index (κ2) is 6.20. The third kappa shape index (κ3) is 3.26. The van der Waals surface area contributed by atoms with Crippen molar-refractivity contribution in [1.29, 1.82) is 0 Å². The van der Waals surface area contributed by atoms with E-state index in [4.69, 9.17) is 16.3 Å². The van der Waals surface area contributed by atoms with E-state index in [1.807, 2.05) is 0 Å². The minimum absolute atomic E-state index is 0.00595. The van der Waals surface area contributed by atoms with Gasteiger partial charge in [0, 0.05) is 17.2 Å². The van der Waals surface area contributed by atoms with Crippen LogP contribution in [0.2, 0.25) is 5.02 Å². The molecule has 0 radical (unpaired) electrons. The lowest BCUT2D eigenvalue weighted by atomic mass is 10.1. The SMILES string of the molecule is C[C@@H](O)c1ccc(OCc2cccc(F)c2Cl)cc1F. The molecule has 0 aromatic heterocycles. The molecular formula is C15H13ClF2O2. The lowest BCUT2D eigenvalue weighted by Gasteiger charge is -2.11. The van der Waals surface area contributed by atoms with Crippen molar-refractivity contribution < 1.29 is 18.6 Å². The zero-order chi connectivity index (χ0) is 14.7. The Labute approximate surface area is 120 Å². The van der Waals surface area contributed by atoms with Gasteiger partial charge in [-0.1, -0.05) is 23.7 Å². The number of ether oxygens (including phenoxy) is 1. The molecule has 2 aromatic carbocycles. The van der Waals surface area contributed by atoms with Crippen molar-refractivity contribution in [3.8, 4) is 5.75 Å². The van der Waals surface area contributed by atoms with Gasteiger partial charge in [-0.15, -0.1) is 0 Å². The summed E-state index contributed by atoms with van der Waals surface area (Å²) in [5.74, 6) is -0.793. The number of hydrogen-bond donors (Lipinski definition) is 1. The average Bonchev–Trinajstić information content (AvgIpc) is 2.40. The smallest absolute Gasteiger partial charge is 0.142 e. The molecule has 2 nitrogen and oxygen atoms in total. The molecule has 0 heterocycles. The number of hydrogen-bond acceptors (Lipinski definition) is 2. The van der Waals surface area contributed by atoms with Gasteiger partial charge in [-0.05, 0) is 25.1 Å². The maximum atomic E-state index is 13.6. The standard InChI is InChI=1S/C15H13ClF2O2/c1-9(19)12-6-5-11(7-14(12)18)20-8-10-3-2-4-13(17)15(10)16/h2-7,9,19H,8H2,1H3/t9-/m1/s1. The van der Waals surface area contributed by atoms with Gasteiger partial charge < -0.3 is 9.84 Å². The maximum Gasteiger partial charge on any atom is 0.142 e. The molecule has 1 N–H and O–H groups in total. The van der Waals surface area contributed by atoms with Crippen LogP contribution < -0.4 is 4.74 Å². The molecular weight excluding hydrogens is 286 g/mol. The van der Waals surface area contributed by atoms with Gasteiger partial charge in [0.2, 0.25) is 0 Å². The van der Waals surface area contributed by atoms with Crippen LogP contribution in [-0.2, 0) is 6.61 Å². The molecule has 1 atom stereocenters. The molecule has 0 saturated carbocycles. The highest BCUT2D eigenvalue weighted by Crippen LogP contribution is 2.24. The minimum Gasteiger partial charge on any atom is -0.489 e. The number of halogens is 3. The van der Waals surface area contributed by atoms with Crippen molar-refractivity contribution in [3.05, 3.63) is 64.2 Å². The quantitative estimate of drug-likeness (QED) is 0.914. The van der Waals surface area contributed by atoms with Gasteiger partial charge in [-0.25, -0.2) is 8.78 Å². The highest BCUT2D eigenvalue weighted by molar-refractivity contribution is 6.31. The maximum absolute atomic E-state index is 13.6. The topological polar surface area (TPSA) is 29.5 Å². The molecule has 0 aliphatic carbocycles. The molecule has 0 fully saturated rings. The summed E-state index contributed by atoms with van der Waals surface area (Å²) in [6.07, 6.45) is -0.887. The lowest BCUT2D eigenvalue weighted by Crippen LogP contribution is -2.00. The average molecular weight is 299 g/mol. The highest BCUT2D eigenvalue weighted by Gasteiger charge is 2.10. The second-order valence-corrected chi connectivity index (χ2v) is 4.74. The van der Waals surface area contributed by atoms with Crippen molar-refractivity contribution >= 4 is 11.6 Å². The molecule has 0 aliphatic heterocycles. The first-order valence-corrected chi connectivity index (χ1v) is 6.40. The Morgan fingerprint density at radius 1 is 1.20 bits per heavy atom. The molecule has 0 amide bonds. The normalized spacial score (nSPS) is 12.2. The van der Waals surface area contributed by atoms with Crippen molar-refractivity contribution in [3.63, 3.8) is 0 Å². The van der Waals surface area contributed by atoms with E-state index < -0.39 is 17.7 Å². The Morgan fingerprint density at radius 3 is 2.60 bits per heavy atom. The summed E-state index contributed by atoms with van der Waals surface area (Å²) < 4.78 is 32.3. The number of aliphatic hydroxyl groups is 1. The summed E-state index contributed by atoms with van der Waals surface area (Å²) in [6, 6.07) is 8.57. The van der Waals surface area contributed by atoms with Crippen LogP contribution in [0.15, 0.2) is 36.4 Å². The van der Waals surface area contributed by atoms with Gasteiger partial charge in [-0.2, -0.15) is 0 Å². The molecule has 2 rings (SSSR count). The van der Waals surface area contributed by atoms with Crippen LogP contribution in [0.1, 0.15) is 24.2 Å². The lowest BCUT2D eigenvalue weighted by molar-refractivity contribution is 0.194. The van der Waals surface area contributed by atoms with Crippen LogP contribution in [0.3, 0.4) is 0 Å². The number of rotatable bonds is 4. The minimum atomic E-state index is -0.887. The largest absolute Gasteiger partial charge is 0.489 e. The van der Waals surface area contributed by atoms with E-state index in [1.165, 1.54) is 31.2 Å². The Kier molecular flexibility index (Phi) is 4.57. The zero-order valence-corrected chi connectivity index (χ0v) is 11.5. The Balaban J connectivity index is 2.11. The first-order chi connectivity index (χ1) is 9.49. The van der Waals surface area contributed by atoms with Crippen molar-refractivity contribution in [2.24, 2.45) is 0 Å². The third-order valence-electron chi connectivity index (χ3n) is 2.85. The molecule has 0 bridgehead atoms. The van der Waals surface area contributed by atoms with Crippen molar-refractivity contribution in [2.45, 2.75) is 19.6 Å². The predicted molar refractivity (Wildman–Crippen MR) is 72.8 cm³/mol. The Hall–Kier alpha value is -1.65. The summed E-state index contributed by atoms with van der Waals surface area (Å²) in [7, 11) is 0. The summed E-state index contributed by atoms with van der Waals surface area (Å²) in [4.78, 5) is 0. The van der Waals surface area contributed by atoms with Gasteiger partial charge in [0.05, 0.1) is 11.1 Å². The van der Waals surface area contributed by atoms with E-state index in [0.717, 1.165) is 0 Å². The summed E-state index contributed by atoms with van der Waals surface area (Å²) in [6.45, 7) is 1.51. The van der Waals surface area contributed by atoms with E-state index in [2.05, 4.69) is 0 Å². The van der Waals surface area contributed by atoms with Crippen LogP contribution >= 0.6 is 11.6 Å². The highest BCUT2D eigenvalue weighted by atomic mass is 35.5.